The van der Waals surface area contributed by atoms with Gasteiger partial charge in [-0.2, -0.15) is 0 Å². The van der Waals surface area contributed by atoms with Crippen LogP contribution in [-0.2, 0) is 24.2 Å². The summed E-state index contributed by atoms with van der Waals surface area (Å²) < 4.78 is 7.20. The number of benzene rings is 1. The third-order valence-electron chi connectivity index (χ3n) is 4.32. The van der Waals surface area contributed by atoms with Crippen LogP contribution in [0.4, 0.5) is 0 Å². The van der Waals surface area contributed by atoms with Crippen molar-refractivity contribution in [2.24, 2.45) is 4.99 Å². The zero-order valence-corrected chi connectivity index (χ0v) is 19.7. The van der Waals surface area contributed by atoms with Gasteiger partial charge in [0.1, 0.15) is 12.2 Å². The molecule has 1 heterocycles. The number of nitrogens with zero attached hydrogens (tertiary/aromatic N) is 5. The van der Waals surface area contributed by atoms with E-state index in [9.17, 15) is 0 Å². The van der Waals surface area contributed by atoms with Gasteiger partial charge >= 0.3 is 0 Å². The summed E-state index contributed by atoms with van der Waals surface area (Å²) in [6.07, 6.45) is 3.57. The van der Waals surface area contributed by atoms with E-state index in [2.05, 4.69) is 70.1 Å². The van der Waals surface area contributed by atoms with Crippen LogP contribution in [0.5, 0.6) is 0 Å². The van der Waals surface area contributed by atoms with E-state index in [0.29, 0.717) is 0 Å². The maximum atomic E-state index is 5.13. The molecule has 1 aromatic carbocycles. The van der Waals surface area contributed by atoms with Crippen LogP contribution in [0.2, 0.25) is 0 Å². The number of aliphatic imine (C=N–C) groups is 1. The summed E-state index contributed by atoms with van der Waals surface area (Å²) in [6, 6.07) is 8.62. The van der Waals surface area contributed by atoms with Crippen LogP contribution in [0.3, 0.4) is 0 Å². The summed E-state index contributed by atoms with van der Waals surface area (Å²) in [5, 5.41) is 11.6. The van der Waals surface area contributed by atoms with Crippen molar-refractivity contribution in [1.82, 2.24) is 25.0 Å². The first kappa shape index (κ1) is 24.4. The fourth-order valence-electron chi connectivity index (χ4n) is 2.78. The minimum absolute atomic E-state index is 0. The van der Waals surface area contributed by atoms with Gasteiger partial charge < -0.3 is 19.5 Å². The molecule has 0 saturated carbocycles. The Bertz CT molecular complexity index is 701. The smallest absolute Gasteiger partial charge is 0.194 e. The Kier molecular flexibility index (Phi) is 11.7. The predicted octanol–water partition coefficient (Wildman–Crippen LogP) is 2.88. The number of guanidine groups is 1. The van der Waals surface area contributed by atoms with Crippen molar-refractivity contribution >= 4 is 29.9 Å². The molecule has 0 unspecified atom stereocenters. The van der Waals surface area contributed by atoms with Gasteiger partial charge in [0.25, 0.3) is 0 Å². The molecule has 0 spiro atoms. The molecule has 1 aromatic heterocycles. The van der Waals surface area contributed by atoms with Gasteiger partial charge in [0, 0.05) is 53.4 Å². The number of ether oxygens (including phenoxy) is 1. The van der Waals surface area contributed by atoms with E-state index in [4.69, 9.17) is 9.73 Å². The first-order valence-electron chi connectivity index (χ1n) is 9.54. The normalized spacial score (nSPS) is 11.2. The number of rotatable bonds is 10. The number of methoxy groups -OCH3 is 1. The van der Waals surface area contributed by atoms with E-state index in [1.807, 2.05) is 0 Å². The molecular formula is C20H33IN6O. The summed E-state index contributed by atoms with van der Waals surface area (Å²) in [6.45, 7) is 8.04. The van der Waals surface area contributed by atoms with E-state index in [0.717, 1.165) is 57.4 Å². The average Bonchev–Trinajstić information content (AvgIpc) is 3.13. The van der Waals surface area contributed by atoms with Crippen molar-refractivity contribution in [3.63, 3.8) is 0 Å². The molecule has 0 radical (unpaired) electrons. The molecular weight excluding hydrogens is 467 g/mol. The highest BCUT2D eigenvalue weighted by molar-refractivity contribution is 14.0. The lowest BCUT2D eigenvalue weighted by Gasteiger charge is -2.23. The fourth-order valence-corrected chi connectivity index (χ4v) is 2.78. The third kappa shape index (κ3) is 8.14. The fraction of sp³-hybridized carbons (Fsp3) is 0.550. The van der Waals surface area contributed by atoms with E-state index >= 15 is 0 Å². The summed E-state index contributed by atoms with van der Waals surface area (Å²) in [5.74, 6) is 1.90. The molecule has 0 amide bonds. The largest absolute Gasteiger partial charge is 0.385 e. The summed E-state index contributed by atoms with van der Waals surface area (Å²) >= 11 is 0. The van der Waals surface area contributed by atoms with Crippen molar-refractivity contribution in [2.45, 2.75) is 39.8 Å². The maximum Gasteiger partial charge on any atom is 0.194 e. The molecule has 0 aliphatic carbocycles. The second kappa shape index (κ2) is 13.5. The average molecular weight is 500 g/mol. The zero-order valence-electron chi connectivity index (χ0n) is 17.4. The second-order valence-electron chi connectivity index (χ2n) is 6.61. The first-order chi connectivity index (χ1) is 13.1. The zero-order chi connectivity index (χ0) is 19.5. The quantitative estimate of drug-likeness (QED) is 0.235. The summed E-state index contributed by atoms with van der Waals surface area (Å²) in [5.41, 5.74) is 2.54. The highest BCUT2D eigenvalue weighted by atomic mass is 127. The molecule has 0 bridgehead atoms. The van der Waals surface area contributed by atoms with E-state index < -0.39 is 0 Å². The number of hydrogen-bond donors (Lipinski definition) is 1. The number of aromatic nitrogens is 3. The third-order valence-corrected chi connectivity index (χ3v) is 4.32. The van der Waals surface area contributed by atoms with Gasteiger partial charge in [0.2, 0.25) is 0 Å². The molecule has 2 aromatic rings. The minimum Gasteiger partial charge on any atom is -0.385 e. The molecule has 0 aliphatic rings. The Balaban J connectivity index is 0.00000392. The van der Waals surface area contributed by atoms with E-state index in [1.165, 1.54) is 11.1 Å². The SMILES string of the molecule is CCc1nncn1CCNC(=NCCCOC)N(C)Cc1ccc(C)cc1.I. The highest BCUT2D eigenvalue weighted by Crippen LogP contribution is 2.06. The Labute approximate surface area is 185 Å². The van der Waals surface area contributed by atoms with Crippen LogP contribution < -0.4 is 5.32 Å². The molecule has 0 atom stereocenters. The standard InChI is InChI=1S/C20H32N6O.HI/c1-5-19-24-23-16-26(19)13-12-22-20(21-11-6-14-27-4)25(3)15-18-9-7-17(2)8-10-18;/h7-10,16H,5-6,11-15H2,1-4H3,(H,21,22);1H. The first-order valence-corrected chi connectivity index (χ1v) is 9.54. The molecule has 7 nitrogen and oxygen atoms in total. The lowest BCUT2D eigenvalue weighted by Crippen LogP contribution is -2.40. The lowest BCUT2D eigenvalue weighted by atomic mass is 10.1. The Morgan fingerprint density at radius 3 is 2.71 bits per heavy atom. The molecule has 0 aliphatic heterocycles. The predicted molar refractivity (Wildman–Crippen MR) is 124 cm³/mol. The Morgan fingerprint density at radius 2 is 2.04 bits per heavy atom. The van der Waals surface area contributed by atoms with Gasteiger partial charge in [-0.25, -0.2) is 0 Å². The number of hydrogen-bond acceptors (Lipinski definition) is 4. The van der Waals surface area contributed by atoms with E-state index in [-0.39, 0.29) is 24.0 Å². The molecule has 2 rings (SSSR count). The van der Waals surface area contributed by atoms with Crippen molar-refractivity contribution in [1.29, 1.82) is 0 Å². The summed E-state index contributed by atoms with van der Waals surface area (Å²) in [7, 11) is 3.79. The van der Waals surface area contributed by atoms with Crippen molar-refractivity contribution in [3.05, 3.63) is 47.5 Å². The molecule has 0 saturated heterocycles. The van der Waals surface area contributed by atoms with Gasteiger partial charge in [0.15, 0.2) is 5.96 Å². The Morgan fingerprint density at radius 1 is 1.29 bits per heavy atom. The van der Waals surface area contributed by atoms with Gasteiger partial charge in [-0.1, -0.05) is 36.8 Å². The highest BCUT2D eigenvalue weighted by Gasteiger charge is 2.08. The second-order valence-corrected chi connectivity index (χ2v) is 6.61. The molecule has 1 N–H and O–H groups in total. The summed E-state index contributed by atoms with van der Waals surface area (Å²) in [4.78, 5) is 6.90. The molecule has 28 heavy (non-hydrogen) atoms. The lowest BCUT2D eigenvalue weighted by molar-refractivity contribution is 0.197. The van der Waals surface area contributed by atoms with E-state index in [1.54, 1.807) is 13.4 Å². The van der Waals surface area contributed by atoms with Gasteiger partial charge in [-0.05, 0) is 18.9 Å². The number of halogens is 1. The van der Waals surface area contributed by atoms with Crippen LogP contribution >= 0.6 is 24.0 Å². The topological polar surface area (TPSA) is 67.6 Å². The molecule has 156 valence electrons. The van der Waals surface area contributed by atoms with Crippen molar-refractivity contribution in [2.75, 3.05) is 33.9 Å². The maximum absolute atomic E-state index is 5.13. The van der Waals surface area contributed by atoms with Gasteiger partial charge in [0.05, 0.1) is 0 Å². The van der Waals surface area contributed by atoms with Crippen LogP contribution in [0.15, 0.2) is 35.6 Å². The molecule has 0 fully saturated rings. The molecule has 8 heteroatoms. The van der Waals surface area contributed by atoms with Crippen LogP contribution in [0.25, 0.3) is 0 Å². The van der Waals surface area contributed by atoms with Gasteiger partial charge in [-0.3, -0.25) is 4.99 Å². The Hall–Kier alpha value is -1.68. The number of aryl methyl sites for hydroxylation is 2. The van der Waals surface area contributed by atoms with Crippen LogP contribution in [0, 0.1) is 6.92 Å². The minimum atomic E-state index is 0. The number of nitrogens with one attached hydrogen (secondary N) is 1. The van der Waals surface area contributed by atoms with Gasteiger partial charge in [-0.15, -0.1) is 34.2 Å². The van der Waals surface area contributed by atoms with Crippen molar-refractivity contribution in [3.8, 4) is 0 Å². The monoisotopic (exact) mass is 500 g/mol. The van der Waals surface area contributed by atoms with Crippen LogP contribution in [0.1, 0.15) is 30.3 Å². The van der Waals surface area contributed by atoms with Crippen molar-refractivity contribution < 1.29 is 4.74 Å². The van der Waals surface area contributed by atoms with Crippen LogP contribution in [-0.4, -0.2) is 59.5 Å².